The molecule has 0 aromatic heterocycles. The van der Waals surface area contributed by atoms with E-state index in [2.05, 4.69) is 5.32 Å². The molecule has 1 aliphatic heterocycles. The van der Waals surface area contributed by atoms with Crippen LogP contribution in [0.2, 0.25) is 0 Å². The van der Waals surface area contributed by atoms with E-state index in [4.69, 9.17) is 4.74 Å². The van der Waals surface area contributed by atoms with Crippen LogP contribution in [0.25, 0.3) is 0 Å². The number of benzene rings is 2. The molecule has 0 bridgehead atoms. The van der Waals surface area contributed by atoms with Crippen molar-refractivity contribution in [1.82, 2.24) is 4.90 Å². The number of anilines is 1. The van der Waals surface area contributed by atoms with Gasteiger partial charge in [0.1, 0.15) is 6.04 Å². The number of ether oxygens (including phenoxy) is 1. The molecule has 7 nitrogen and oxygen atoms in total. The average Bonchev–Trinajstić information content (AvgIpc) is 3.03. The first-order valence-electron chi connectivity index (χ1n) is 10.8. The Morgan fingerprint density at radius 3 is 1.91 bits per heavy atom. The lowest BCUT2D eigenvalue weighted by Gasteiger charge is -2.27. The minimum absolute atomic E-state index is 0.261. The van der Waals surface area contributed by atoms with E-state index in [0.29, 0.717) is 0 Å². The molecule has 0 aliphatic carbocycles. The van der Waals surface area contributed by atoms with E-state index in [0.717, 1.165) is 34.6 Å². The first-order chi connectivity index (χ1) is 15.3. The van der Waals surface area contributed by atoms with E-state index >= 15 is 0 Å². The first kappa shape index (κ1) is 23.2. The number of hydrogen-bond donors (Lipinski definition) is 1. The molecule has 1 aliphatic rings. The van der Waals surface area contributed by atoms with Crippen molar-refractivity contribution in [1.29, 1.82) is 0 Å². The molecule has 2 aromatic rings. The quantitative estimate of drug-likeness (QED) is 0.504. The maximum atomic E-state index is 12.9. The number of nitrogens with one attached hydrogen (secondary N) is 1. The predicted octanol–water partition coefficient (Wildman–Crippen LogP) is 3.61. The lowest BCUT2D eigenvalue weighted by Crippen LogP contribution is -2.49. The third-order valence-electron chi connectivity index (χ3n) is 5.59. The molecule has 2 aromatic carbocycles. The van der Waals surface area contributed by atoms with Gasteiger partial charge in [-0.25, -0.2) is 4.79 Å². The van der Waals surface area contributed by atoms with Gasteiger partial charge in [0, 0.05) is 5.69 Å². The standard InChI is InChI=1S/C25H28N2O5/c1-5-16-10-9-11-17(6-2)21(16)26-20(28)14-32-25(31)22(15(3)4)27-23(29)18-12-7-8-13-19(18)24(27)30/h7-13,15,22H,5-6,14H2,1-4H3,(H,26,28). The van der Waals surface area contributed by atoms with Crippen LogP contribution in [0, 0.1) is 5.92 Å². The van der Waals surface area contributed by atoms with Crippen LogP contribution in [0.5, 0.6) is 0 Å². The number of nitrogens with zero attached hydrogens (tertiary/aromatic N) is 1. The van der Waals surface area contributed by atoms with Crippen LogP contribution in [0.3, 0.4) is 0 Å². The second-order valence-corrected chi connectivity index (χ2v) is 8.03. The summed E-state index contributed by atoms with van der Waals surface area (Å²) in [7, 11) is 0. The summed E-state index contributed by atoms with van der Waals surface area (Å²) in [6.07, 6.45) is 1.50. The highest BCUT2D eigenvalue weighted by molar-refractivity contribution is 6.22. The fourth-order valence-corrected chi connectivity index (χ4v) is 3.94. The summed E-state index contributed by atoms with van der Waals surface area (Å²) in [5.41, 5.74) is 3.25. The van der Waals surface area contributed by atoms with Crippen molar-refractivity contribution in [3.63, 3.8) is 0 Å². The molecule has 168 valence electrons. The van der Waals surface area contributed by atoms with Crippen molar-refractivity contribution in [2.75, 3.05) is 11.9 Å². The van der Waals surface area contributed by atoms with Gasteiger partial charge in [0.2, 0.25) is 0 Å². The molecule has 3 rings (SSSR count). The first-order valence-corrected chi connectivity index (χ1v) is 10.8. The lowest BCUT2D eigenvalue weighted by molar-refractivity contribution is -0.152. The molecule has 1 atom stereocenters. The van der Waals surface area contributed by atoms with Crippen molar-refractivity contribution in [3.05, 3.63) is 64.7 Å². The highest BCUT2D eigenvalue weighted by atomic mass is 16.5. The van der Waals surface area contributed by atoms with Gasteiger partial charge in [0.15, 0.2) is 6.61 Å². The molecule has 1 N–H and O–H groups in total. The van der Waals surface area contributed by atoms with E-state index in [1.54, 1.807) is 38.1 Å². The van der Waals surface area contributed by atoms with Crippen LogP contribution in [0.15, 0.2) is 42.5 Å². The summed E-state index contributed by atoms with van der Waals surface area (Å²) in [4.78, 5) is 51.9. The van der Waals surface area contributed by atoms with Gasteiger partial charge in [-0.05, 0) is 42.0 Å². The normalized spacial score (nSPS) is 13.8. The van der Waals surface area contributed by atoms with Gasteiger partial charge in [-0.15, -0.1) is 0 Å². The maximum absolute atomic E-state index is 12.9. The van der Waals surface area contributed by atoms with Crippen LogP contribution in [-0.2, 0) is 27.2 Å². The topological polar surface area (TPSA) is 92.8 Å². The van der Waals surface area contributed by atoms with Gasteiger partial charge >= 0.3 is 5.97 Å². The summed E-state index contributed by atoms with van der Waals surface area (Å²) >= 11 is 0. The fraction of sp³-hybridized carbons (Fsp3) is 0.360. The molecule has 32 heavy (non-hydrogen) atoms. The maximum Gasteiger partial charge on any atom is 0.330 e. The van der Waals surface area contributed by atoms with Gasteiger partial charge in [0.05, 0.1) is 11.1 Å². The van der Waals surface area contributed by atoms with Gasteiger partial charge < -0.3 is 10.1 Å². The van der Waals surface area contributed by atoms with Crippen molar-refractivity contribution >= 4 is 29.4 Å². The monoisotopic (exact) mass is 436 g/mol. The van der Waals surface area contributed by atoms with Gasteiger partial charge in [0.25, 0.3) is 17.7 Å². The number of esters is 1. The summed E-state index contributed by atoms with van der Waals surface area (Å²) < 4.78 is 5.26. The molecule has 0 saturated carbocycles. The minimum Gasteiger partial charge on any atom is -0.454 e. The number of carbonyl (C=O) groups excluding carboxylic acids is 4. The molecule has 7 heteroatoms. The number of amides is 3. The number of aryl methyl sites for hydroxylation is 2. The molecule has 0 saturated heterocycles. The Balaban J connectivity index is 1.72. The Bertz CT molecular complexity index is 1000. The van der Waals surface area contributed by atoms with Crippen molar-refractivity contribution in [3.8, 4) is 0 Å². The number of carbonyl (C=O) groups is 4. The largest absolute Gasteiger partial charge is 0.454 e. The average molecular weight is 437 g/mol. The molecule has 0 radical (unpaired) electrons. The SMILES string of the molecule is CCc1cccc(CC)c1NC(=O)COC(=O)C(C(C)C)N1C(=O)c2ccccc2C1=O. The summed E-state index contributed by atoms with van der Waals surface area (Å²) in [6, 6.07) is 11.2. The van der Waals surface area contributed by atoms with E-state index in [9.17, 15) is 19.2 Å². The Morgan fingerprint density at radius 1 is 0.906 bits per heavy atom. The molecule has 3 amide bonds. The van der Waals surface area contributed by atoms with Crippen LogP contribution in [-0.4, -0.2) is 41.2 Å². The molecular formula is C25H28N2O5. The Hall–Kier alpha value is -3.48. The van der Waals surface area contributed by atoms with E-state index in [1.807, 2.05) is 32.0 Å². The highest BCUT2D eigenvalue weighted by Gasteiger charge is 2.44. The lowest BCUT2D eigenvalue weighted by atomic mass is 10.0. The molecule has 1 heterocycles. The van der Waals surface area contributed by atoms with Crippen LogP contribution < -0.4 is 5.32 Å². The second-order valence-electron chi connectivity index (χ2n) is 8.03. The van der Waals surface area contributed by atoms with Crippen LogP contribution >= 0.6 is 0 Å². The van der Waals surface area contributed by atoms with E-state index < -0.39 is 36.3 Å². The van der Waals surface area contributed by atoms with Crippen molar-refractivity contribution in [2.45, 2.75) is 46.6 Å². The zero-order chi connectivity index (χ0) is 23.4. The van der Waals surface area contributed by atoms with Crippen molar-refractivity contribution in [2.24, 2.45) is 5.92 Å². The third kappa shape index (κ3) is 4.42. The third-order valence-corrected chi connectivity index (χ3v) is 5.59. The highest BCUT2D eigenvalue weighted by Crippen LogP contribution is 2.28. The second kappa shape index (κ2) is 9.77. The Morgan fingerprint density at radius 2 is 1.44 bits per heavy atom. The zero-order valence-corrected chi connectivity index (χ0v) is 18.8. The minimum atomic E-state index is -1.12. The van der Waals surface area contributed by atoms with Gasteiger partial charge in [-0.3, -0.25) is 19.3 Å². The fourth-order valence-electron chi connectivity index (χ4n) is 3.94. The van der Waals surface area contributed by atoms with Gasteiger partial charge in [-0.2, -0.15) is 0 Å². The van der Waals surface area contributed by atoms with Crippen LogP contribution in [0.4, 0.5) is 5.69 Å². The van der Waals surface area contributed by atoms with E-state index in [1.165, 1.54) is 0 Å². The Labute approximate surface area is 187 Å². The van der Waals surface area contributed by atoms with E-state index in [-0.39, 0.29) is 17.0 Å². The smallest absolute Gasteiger partial charge is 0.330 e. The number of para-hydroxylation sites is 1. The molecular weight excluding hydrogens is 408 g/mol. The number of hydrogen-bond acceptors (Lipinski definition) is 5. The molecule has 0 spiro atoms. The molecule has 0 fully saturated rings. The van der Waals surface area contributed by atoms with Gasteiger partial charge in [-0.1, -0.05) is 58.0 Å². The number of rotatable bonds is 8. The molecule has 1 unspecified atom stereocenters. The summed E-state index contributed by atoms with van der Waals surface area (Å²) in [5.74, 6) is -2.71. The Kier molecular flexibility index (Phi) is 7.08. The van der Waals surface area contributed by atoms with Crippen LogP contribution in [0.1, 0.15) is 59.5 Å². The zero-order valence-electron chi connectivity index (χ0n) is 18.8. The summed E-state index contributed by atoms with van der Waals surface area (Å²) in [5, 5.41) is 2.84. The summed E-state index contributed by atoms with van der Waals surface area (Å²) in [6.45, 7) is 6.94. The van der Waals surface area contributed by atoms with Crippen molar-refractivity contribution < 1.29 is 23.9 Å². The number of fused-ring (bicyclic) bond motifs is 1. The number of imide groups is 1. The predicted molar refractivity (Wildman–Crippen MR) is 120 cm³/mol.